The van der Waals surface area contributed by atoms with Gasteiger partial charge in [0.25, 0.3) is 0 Å². The Morgan fingerprint density at radius 1 is 0.842 bits per heavy atom. The van der Waals surface area contributed by atoms with E-state index in [0.717, 1.165) is 12.8 Å². The zero-order valence-electron chi connectivity index (χ0n) is 12.2. The molecule has 0 unspecified atom stereocenters. The smallest absolute Gasteiger partial charge is 0.565 e. The van der Waals surface area contributed by atoms with Crippen LogP contribution in [0.4, 0.5) is 4.79 Å². The molecule has 0 atom stereocenters. The number of hydrogen-bond acceptors (Lipinski definition) is 3. The maximum absolute atomic E-state index is 10.2. The van der Waals surface area contributed by atoms with Crippen LogP contribution in [0.15, 0.2) is 0 Å². The number of hydrogen-bond donors (Lipinski definition) is 2. The summed E-state index contributed by atoms with van der Waals surface area (Å²) >= 11 is 0. The van der Waals surface area contributed by atoms with Gasteiger partial charge in [0.05, 0.1) is 0 Å². The first-order valence-electron chi connectivity index (χ1n) is 6.62. The standard InChI is InChI=1S/C12H24O2.CH2O3.Na/c1-2-3-4-5-6-7-8-9-10-11-12(13)14;2-1(3)4;/h2-11H2,1H3,(H,13,14);(H2,2,3,4);/q;;+1/p-1. The molecule has 0 rings (SSSR count). The zero-order valence-corrected chi connectivity index (χ0v) is 14.2. The number of aliphatic carboxylic acids is 1. The Bertz CT molecular complexity index is 205. The second-order valence-corrected chi connectivity index (χ2v) is 4.24. The minimum Gasteiger partial charge on any atom is -0.565 e. The van der Waals surface area contributed by atoms with E-state index in [4.69, 9.17) is 20.1 Å². The second kappa shape index (κ2) is 20.1. The van der Waals surface area contributed by atoms with Crippen LogP contribution in [-0.4, -0.2) is 22.3 Å². The predicted molar refractivity (Wildman–Crippen MR) is 67.5 cm³/mol. The Morgan fingerprint density at radius 3 is 1.47 bits per heavy atom. The number of unbranched alkanes of at least 4 members (excludes halogenated alkanes) is 8. The Hall–Kier alpha value is -0.260. The molecule has 19 heavy (non-hydrogen) atoms. The number of carboxylic acids is 1. The molecule has 0 aliphatic rings. The molecule has 0 heterocycles. The predicted octanol–water partition coefficient (Wildman–Crippen LogP) is -0.116. The van der Waals surface area contributed by atoms with Crippen molar-refractivity contribution in [3.05, 3.63) is 0 Å². The first-order valence-corrected chi connectivity index (χ1v) is 6.62. The van der Waals surface area contributed by atoms with E-state index in [2.05, 4.69) is 6.92 Å². The molecule has 0 radical (unpaired) electrons. The van der Waals surface area contributed by atoms with Gasteiger partial charge in [0.1, 0.15) is 0 Å². The van der Waals surface area contributed by atoms with Gasteiger partial charge in [0, 0.05) is 6.42 Å². The summed E-state index contributed by atoms with van der Waals surface area (Å²) in [6.45, 7) is 2.23. The normalized spacial score (nSPS) is 8.89. The molecule has 0 saturated carbocycles. The van der Waals surface area contributed by atoms with Crippen LogP contribution in [0.5, 0.6) is 0 Å². The topological polar surface area (TPSA) is 97.7 Å². The van der Waals surface area contributed by atoms with Crippen LogP contribution in [0, 0.1) is 0 Å². The average Bonchev–Trinajstić information content (AvgIpc) is 2.26. The summed E-state index contributed by atoms with van der Waals surface area (Å²) in [5, 5.41) is 23.7. The van der Waals surface area contributed by atoms with Crippen LogP contribution >= 0.6 is 0 Å². The molecule has 2 N–H and O–H groups in total. The van der Waals surface area contributed by atoms with Crippen LogP contribution < -0.4 is 34.7 Å². The van der Waals surface area contributed by atoms with Crippen molar-refractivity contribution in [3.8, 4) is 0 Å². The summed E-state index contributed by atoms with van der Waals surface area (Å²) in [6.07, 6.45) is 9.39. The van der Waals surface area contributed by atoms with Gasteiger partial charge < -0.3 is 20.1 Å². The van der Waals surface area contributed by atoms with Crippen molar-refractivity contribution in [2.24, 2.45) is 0 Å². The van der Waals surface area contributed by atoms with Crippen molar-refractivity contribution < 1.29 is 54.5 Å². The third kappa shape index (κ3) is 38.1. The van der Waals surface area contributed by atoms with E-state index in [-0.39, 0.29) is 29.6 Å². The van der Waals surface area contributed by atoms with Crippen molar-refractivity contribution in [1.29, 1.82) is 0 Å². The number of carboxylic acid groups (broad SMARTS) is 3. The minimum atomic E-state index is -2.08. The third-order valence-electron chi connectivity index (χ3n) is 2.49. The van der Waals surface area contributed by atoms with Gasteiger partial charge in [-0.2, -0.15) is 0 Å². The summed E-state index contributed by atoms with van der Waals surface area (Å²) in [5.41, 5.74) is 0. The van der Waals surface area contributed by atoms with Gasteiger partial charge >= 0.3 is 35.5 Å². The molecule has 0 aliphatic carbocycles. The molecule has 0 aromatic carbocycles. The number of carbonyl (C=O) groups is 2. The quantitative estimate of drug-likeness (QED) is 0.430. The molecular weight excluding hydrogens is 259 g/mol. The summed E-state index contributed by atoms with van der Waals surface area (Å²) in [4.78, 5) is 18.7. The SMILES string of the molecule is CCCCCCCCCCCC(=O)O.O=C([O-])O.[Na+]. The van der Waals surface area contributed by atoms with E-state index < -0.39 is 12.1 Å². The molecule has 0 amide bonds. The summed E-state index contributed by atoms with van der Waals surface area (Å²) in [5.74, 6) is -0.659. The molecule has 108 valence electrons. The largest absolute Gasteiger partial charge is 1.00 e. The summed E-state index contributed by atoms with van der Waals surface area (Å²) in [6, 6.07) is 0. The minimum absolute atomic E-state index is 0. The molecule has 0 bridgehead atoms. The van der Waals surface area contributed by atoms with Crippen LogP contribution in [-0.2, 0) is 4.79 Å². The zero-order chi connectivity index (χ0) is 14.2. The average molecular weight is 284 g/mol. The van der Waals surface area contributed by atoms with Gasteiger partial charge in [-0.25, -0.2) is 0 Å². The Labute approximate surface area is 137 Å². The van der Waals surface area contributed by atoms with Crippen molar-refractivity contribution in [3.63, 3.8) is 0 Å². The van der Waals surface area contributed by atoms with E-state index in [1.807, 2.05) is 0 Å². The summed E-state index contributed by atoms with van der Waals surface area (Å²) in [7, 11) is 0. The Morgan fingerprint density at radius 2 is 1.16 bits per heavy atom. The summed E-state index contributed by atoms with van der Waals surface area (Å²) < 4.78 is 0. The fourth-order valence-corrected chi connectivity index (χ4v) is 1.59. The fourth-order valence-electron chi connectivity index (χ4n) is 1.59. The van der Waals surface area contributed by atoms with Crippen LogP contribution in [0.25, 0.3) is 0 Å². The molecule has 0 spiro atoms. The second-order valence-electron chi connectivity index (χ2n) is 4.24. The van der Waals surface area contributed by atoms with Crippen LogP contribution in [0.2, 0.25) is 0 Å². The van der Waals surface area contributed by atoms with E-state index in [0.29, 0.717) is 6.42 Å². The van der Waals surface area contributed by atoms with Gasteiger partial charge in [-0.3, -0.25) is 4.79 Å². The van der Waals surface area contributed by atoms with E-state index in [1.54, 1.807) is 0 Å². The van der Waals surface area contributed by atoms with Gasteiger partial charge in [0.2, 0.25) is 6.16 Å². The first kappa shape index (κ1) is 23.8. The monoisotopic (exact) mass is 284 g/mol. The van der Waals surface area contributed by atoms with Crippen molar-refractivity contribution in [1.82, 2.24) is 0 Å². The van der Waals surface area contributed by atoms with Gasteiger partial charge in [-0.15, -0.1) is 0 Å². The van der Waals surface area contributed by atoms with Crippen molar-refractivity contribution >= 4 is 12.1 Å². The molecule has 0 aliphatic heterocycles. The van der Waals surface area contributed by atoms with E-state index in [9.17, 15) is 4.79 Å². The van der Waals surface area contributed by atoms with Crippen molar-refractivity contribution in [2.45, 2.75) is 71.1 Å². The third-order valence-corrected chi connectivity index (χ3v) is 2.49. The molecule has 0 aromatic heterocycles. The Kier molecular flexibility index (Phi) is 25.1. The van der Waals surface area contributed by atoms with Gasteiger partial charge in [-0.1, -0.05) is 58.3 Å². The van der Waals surface area contributed by atoms with Crippen molar-refractivity contribution in [2.75, 3.05) is 0 Å². The molecule has 5 nitrogen and oxygen atoms in total. The maximum atomic E-state index is 10.2. The maximum Gasteiger partial charge on any atom is 1.00 e. The van der Waals surface area contributed by atoms with E-state index >= 15 is 0 Å². The number of rotatable bonds is 10. The first-order chi connectivity index (χ1) is 8.50. The molecule has 0 fully saturated rings. The fraction of sp³-hybridized carbons (Fsp3) is 0.846. The Balaban J connectivity index is -0.000000448. The van der Waals surface area contributed by atoms with Gasteiger partial charge in [0.15, 0.2) is 0 Å². The van der Waals surface area contributed by atoms with Crippen LogP contribution in [0.1, 0.15) is 71.1 Å². The van der Waals surface area contributed by atoms with Gasteiger partial charge in [-0.05, 0) is 6.42 Å². The van der Waals surface area contributed by atoms with E-state index in [1.165, 1.54) is 44.9 Å². The molecule has 0 saturated heterocycles. The molecule has 0 aromatic rings. The van der Waals surface area contributed by atoms with Crippen LogP contribution in [0.3, 0.4) is 0 Å². The molecular formula is C13H25NaO5. The molecule has 6 heteroatoms.